The van der Waals surface area contributed by atoms with Gasteiger partial charge in [0.25, 0.3) is 0 Å². The van der Waals surface area contributed by atoms with Gasteiger partial charge in [-0.25, -0.2) is 8.42 Å². The van der Waals surface area contributed by atoms with E-state index in [1.54, 1.807) is 0 Å². The fraction of sp³-hybridized carbons (Fsp3) is 1.00. The zero-order valence-corrected chi connectivity index (χ0v) is 12.1. The predicted molar refractivity (Wildman–Crippen MR) is 73.0 cm³/mol. The summed E-state index contributed by atoms with van der Waals surface area (Å²) in [5.41, 5.74) is 0.453. The molecule has 17 heavy (non-hydrogen) atoms. The Balaban J connectivity index is 2.23. The molecule has 3 nitrogen and oxygen atoms in total. The van der Waals surface area contributed by atoms with Crippen molar-refractivity contribution in [1.29, 1.82) is 0 Å². The third-order valence-electron chi connectivity index (χ3n) is 4.02. The topological polar surface area (TPSA) is 46.2 Å². The van der Waals surface area contributed by atoms with Crippen LogP contribution in [0.5, 0.6) is 0 Å². The molecule has 1 saturated carbocycles. The van der Waals surface area contributed by atoms with Gasteiger partial charge in [-0.3, -0.25) is 0 Å². The second kappa shape index (κ2) is 6.74. The van der Waals surface area contributed by atoms with Gasteiger partial charge >= 0.3 is 0 Å². The summed E-state index contributed by atoms with van der Waals surface area (Å²) in [5, 5.41) is 3.35. The van der Waals surface area contributed by atoms with Gasteiger partial charge in [-0.2, -0.15) is 0 Å². The molecular weight excluding hydrogens is 234 g/mol. The van der Waals surface area contributed by atoms with E-state index in [1.165, 1.54) is 32.1 Å². The van der Waals surface area contributed by atoms with Gasteiger partial charge in [0.1, 0.15) is 0 Å². The first kappa shape index (κ1) is 15.0. The first-order valence-electron chi connectivity index (χ1n) is 6.95. The highest BCUT2D eigenvalue weighted by Gasteiger charge is 2.31. The first-order chi connectivity index (χ1) is 8.04. The third-order valence-corrected chi connectivity index (χ3v) is 5.88. The molecule has 102 valence electrons. The van der Waals surface area contributed by atoms with E-state index in [2.05, 4.69) is 12.2 Å². The third kappa shape index (κ3) is 4.96. The molecule has 0 bridgehead atoms. The summed E-state index contributed by atoms with van der Waals surface area (Å²) in [6.45, 7) is 5.77. The summed E-state index contributed by atoms with van der Waals surface area (Å²) in [5.74, 6) is 0.619. The minimum atomic E-state index is -2.82. The zero-order valence-electron chi connectivity index (χ0n) is 11.3. The molecule has 0 spiro atoms. The minimum Gasteiger partial charge on any atom is -0.315 e. The molecule has 0 unspecified atom stereocenters. The molecule has 0 aromatic carbocycles. The lowest BCUT2D eigenvalue weighted by molar-refractivity contribution is 0.271. The molecule has 1 fully saturated rings. The summed E-state index contributed by atoms with van der Waals surface area (Å²) in [6.07, 6.45) is 7.21. The molecule has 1 rings (SSSR count). The second-order valence-electron chi connectivity index (χ2n) is 5.39. The van der Waals surface area contributed by atoms with Gasteiger partial charge in [-0.05, 0) is 31.1 Å². The van der Waals surface area contributed by atoms with Crippen LogP contribution in [0.25, 0.3) is 0 Å². The van der Waals surface area contributed by atoms with E-state index >= 15 is 0 Å². The summed E-state index contributed by atoms with van der Waals surface area (Å²) in [7, 11) is -2.82. The molecule has 1 aliphatic rings. The van der Waals surface area contributed by atoms with E-state index in [4.69, 9.17) is 0 Å². The van der Waals surface area contributed by atoms with E-state index in [9.17, 15) is 8.42 Å². The molecule has 0 aromatic heterocycles. The Kier molecular flexibility index (Phi) is 5.93. The number of hydrogen-bond acceptors (Lipinski definition) is 3. The van der Waals surface area contributed by atoms with Crippen LogP contribution in [-0.4, -0.2) is 33.0 Å². The molecule has 0 atom stereocenters. The minimum absolute atomic E-state index is 0.292. The van der Waals surface area contributed by atoms with Crippen molar-refractivity contribution in [2.45, 2.75) is 52.4 Å². The van der Waals surface area contributed by atoms with Crippen LogP contribution in [0.2, 0.25) is 0 Å². The van der Waals surface area contributed by atoms with Crippen LogP contribution in [0.1, 0.15) is 52.4 Å². The van der Waals surface area contributed by atoms with Crippen molar-refractivity contribution in [2.24, 2.45) is 5.41 Å². The zero-order chi connectivity index (χ0) is 12.8. The van der Waals surface area contributed by atoms with E-state index in [0.717, 1.165) is 13.0 Å². The number of nitrogens with one attached hydrogen (secondary N) is 1. The van der Waals surface area contributed by atoms with Crippen LogP contribution >= 0.6 is 0 Å². The molecule has 1 aliphatic carbocycles. The summed E-state index contributed by atoms with van der Waals surface area (Å²) < 4.78 is 23.1. The normalized spacial score (nSPS) is 19.6. The Morgan fingerprint density at radius 1 is 1.12 bits per heavy atom. The van der Waals surface area contributed by atoms with Crippen LogP contribution < -0.4 is 5.32 Å². The van der Waals surface area contributed by atoms with Gasteiger partial charge in [0.2, 0.25) is 0 Å². The SMILES string of the molecule is CCCS(=O)(=O)CCNCC1(CC)CCCC1. The molecule has 0 heterocycles. The number of sulfone groups is 1. The summed E-state index contributed by atoms with van der Waals surface area (Å²) >= 11 is 0. The predicted octanol–water partition coefficient (Wildman–Crippen LogP) is 2.37. The van der Waals surface area contributed by atoms with E-state index in [-0.39, 0.29) is 0 Å². The maximum Gasteiger partial charge on any atom is 0.151 e. The Bertz CT molecular complexity index is 305. The lowest BCUT2D eigenvalue weighted by atomic mass is 9.83. The molecule has 0 amide bonds. The van der Waals surface area contributed by atoms with Crippen molar-refractivity contribution in [2.75, 3.05) is 24.6 Å². The Morgan fingerprint density at radius 2 is 1.76 bits per heavy atom. The van der Waals surface area contributed by atoms with E-state index in [1.807, 2.05) is 6.92 Å². The quantitative estimate of drug-likeness (QED) is 0.682. The average molecular weight is 261 g/mol. The second-order valence-corrected chi connectivity index (χ2v) is 7.69. The Hall–Kier alpha value is -0.0900. The maximum absolute atomic E-state index is 11.5. The van der Waals surface area contributed by atoms with Crippen LogP contribution in [-0.2, 0) is 9.84 Å². The van der Waals surface area contributed by atoms with Crippen molar-refractivity contribution in [1.82, 2.24) is 5.32 Å². The molecule has 0 aromatic rings. The Morgan fingerprint density at radius 3 is 2.29 bits per heavy atom. The first-order valence-corrected chi connectivity index (χ1v) is 8.77. The maximum atomic E-state index is 11.5. The fourth-order valence-corrected chi connectivity index (χ4v) is 4.06. The van der Waals surface area contributed by atoms with Gasteiger partial charge in [-0.15, -0.1) is 0 Å². The van der Waals surface area contributed by atoms with Crippen molar-refractivity contribution >= 4 is 9.84 Å². The van der Waals surface area contributed by atoms with E-state index < -0.39 is 9.84 Å². The summed E-state index contributed by atoms with van der Waals surface area (Å²) in [6, 6.07) is 0. The Labute approximate surface area is 106 Å². The molecule has 0 aliphatic heterocycles. The lowest BCUT2D eigenvalue weighted by Gasteiger charge is -2.27. The van der Waals surface area contributed by atoms with Crippen LogP contribution in [0.3, 0.4) is 0 Å². The van der Waals surface area contributed by atoms with Crippen LogP contribution in [0.15, 0.2) is 0 Å². The van der Waals surface area contributed by atoms with Crippen LogP contribution in [0, 0.1) is 5.41 Å². The van der Waals surface area contributed by atoms with Crippen molar-refractivity contribution in [3.05, 3.63) is 0 Å². The smallest absolute Gasteiger partial charge is 0.151 e. The monoisotopic (exact) mass is 261 g/mol. The van der Waals surface area contributed by atoms with Gasteiger partial charge < -0.3 is 5.32 Å². The molecule has 4 heteroatoms. The highest BCUT2D eigenvalue weighted by atomic mass is 32.2. The standard InChI is InChI=1S/C13H27NO2S/c1-3-10-17(15,16)11-9-14-12-13(4-2)7-5-6-8-13/h14H,3-12H2,1-2H3. The van der Waals surface area contributed by atoms with Crippen LogP contribution in [0.4, 0.5) is 0 Å². The lowest BCUT2D eigenvalue weighted by Crippen LogP contribution is -2.34. The number of rotatable bonds is 8. The molecule has 0 saturated heterocycles. The van der Waals surface area contributed by atoms with Crippen molar-refractivity contribution < 1.29 is 8.42 Å². The fourth-order valence-electron chi connectivity index (χ4n) is 2.77. The van der Waals surface area contributed by atoms with Crippen molar-refractivity contribution in [3.63, 3.8) is 0 Å². The van der Waals surface area contributed by atoms with Gasteiger partial charge in [0, 0.05) is 18.8 Å². The summed E-state index contributed by atoms with van der Waals surface area (Å²) in [4.78, 5) is 0. The van der Waals surface area contributed by atoms with Gasteiger partial charge in [0.05, 0.1) is 5.75 Å². The van der Waals surface area contributed by atoms with Crippen molar-refractivity contribution in [3.8, 4) is 0 Å². The molecule has 1 N–H and O–H groups in total. The molecular formula is C13H27NO2S. The largest absolute Gasteiger partial charge is 0.315 e. The highest BCUT2D eigenvalue weighted by Crippen LogP contribution is 2.40. The number of hydrogen-bond donors (Lipinski definition) is 1. The average Bonchev–Trinajstić information content (AvgIpc) is 2.74. The highest BCUT2D eigenvalue weighted by molar-refractivity contribution is 7.91. The molecule has 0 radical (unpaired) electrons. The van der Waals surface area contributed by atoms with Gasteiger partial charge in [0.15, 0.2) is 9.84 Å². The van der Waals surface area contributed by atoms with E-state index in [0.29, 0.717) is 23.5 Å². The van der Waals surface area contributed by atoms with Gasteiger partial charge in [-0.1, -0.05) is 26.7 Å².